The summed E-state index contributed by atoms with van der Waals surface area (Å²) in [5.74, 6) is -0.916. The van der Waals surface area contributed by atoms with E-state index in [9.17, 15) is 4.79 Å². The van der Waals surface area contributed by atoms with Gasteiger partial charge >= 0.3 is 5.97 Å². The number of hydrogen-bond donors (Lipinski definition) is 2. The molecule has 10 heavy (non-hydrogen) atoms. The third-order valence-corrected chi connectivity index (χ3v) is 3.69. The van der Waals surface area contributed by atoms with Gasteiger partial charge in [0.2, 0.25) is 0 Å². The highest BCUT2D eigenvalue weighted by Gasteiger charge is 2.07. The van der Waals surface area contributed by atoms with Crippen LogP contribution in [0.4, 0.5) is 0 Å². The lowest BCUT2D eigenvalue weighted by molar-refractivity contribution is 0.0691. The fourth-order valence-electron chi connectivity index (χ4n) is 0.519. The van der Waals surface area contributed by atoms with Crippen molar-refractivity contribution in [3.63, 3.8) is 0 Å². The van der Waals surface area contributed by atoms with Gasteiger partial charge in [-0.05, 0) is 51.2 Å². The molecular formula is C5H3I2NO2. The summed E-state index contributed by atoms with van der Waals surface area (Å²) < 4.78 is 1.81. The molecule has 1 aromatic heterocycles. The van der Waals surface area contributed by atoms with Crippen LogP contribution < -0.4 is 0 Å². The van der Waals surface area contributed by atoms with Gasteiger partial charge < -0.3 is 10.1 Å². The number of nitrogens with one attached hydrogen (secondary N) is 1. The highest BCUT2D eigenvalue weighted by molar-refractivity contribution is 14.1. The molecule has 0 saturated heterocycles. The predicted octanol–water partition coefficient (Wildman–Crippen LogP) is 1.92. The summed E-state index contributed by atoms with van der Waals surface area (Å²) in [5.41, 5.74) is 0.244. The summed E-state index contributed by atoms with van der Waals surface area (Å²) >= 11 is 4.13. The molecule has 3 nitrogen and oxygen atoms in total. The minimum absolute atomic E-state index is 0.244. The van der Waals surface area contributed by atoms with E-state index in [2.05, 4.69) is 50.2 Å². The summed E-state index contributed by atoms with van der Waals surface area (Å²) in [6.07, 6.45) is 0. The number of aromatic amines is 1. The van der Waals surface area contributed by atoms with Crippen molar-refractivity contribution in [3.8, 4) is 0 Å². The van der Waals surface area contributed by atoms with Crippen molar-refractivity contribution >= 4 is 51.2 Å². The van der Waals surface area contributed by atoms with E-state index >= 15 is 0 Å². The zero-order valence-corrected chi connectivity index (χ0v) is 9.00. The monoisotopic (exact) mass is 363 g/mol. The average molecular weight is 363 g/mol. The van der Waals surface area contributed by atoms with Crippen LogP contribution in [0, 0.1) is 7.27 Å². The molecule has 1 rings (SSSR count). The van der Waals surface area contributed by atoms with Crippen molar-refractivity contribution in [2.24, 2.45) is 0 Å². The highest BCUT2D eigenvalue weighted by atomic mass is 127. The van der Waals surface area contributed by atoms with Crippen molar-refractivity contribution in [2.75, 3.05) is 0 Å². The SMILES string of the molecule is O=C(O)c1cc(I)c(I)[nH]1. The molecule has 0 aliphatic heterocycles. The number of H-pyrrole nitrogens is 1. The van der Waals surface area contributed by atoms with E-state index in [4.69, 9.17) is 5.11 Å². The van der Waals surface area contributed by atoms with E-state index in [0.29, 0.717) is 0 Å². The molecule has 0 aliphatic carbocycles. The van der Waals surface area contributed by atoms with E-state index in [-0.39, 0.29) is 5.69 Å². The molecule has 1 aromatic rings. The normalized spacial score (nSPS) is 9.80. The number of rotatable bonds is 1. The Kier molecular flexibility index (Phi) is 2.55. The largest absolute Gasteiger partial charge is 0.477 e. The van der Waals surface area contributed by atoms with Gasteiger partial charge in [0.1, 0.15) is 5.69 Å². The van der Waals surface area contributed by atoms with Gasteiger partial charge in [0, 0.05) is 3.57 Å². The molecule has 5 heteroatoms. The number of carboxylic acid groups (broad SMARTS) is 1. The van der Waals surface area contributed by atoms with Crippen LogP contribution in [0.2, 0.25) is 0 Å². The first-order valence-corrected chi connectivity index (χ1v) is 4.54. The molecular weight excluding hydrogens is 360 g/mol. The zero-order valence-electron chi connectivity index (χ0n) is 4.69. The van der Waals surface area contributed by atoms with Crippen LogP contribution >= 0.6 is 45.2 Å². The lowest BCUT2D eigenvalue weighted by Crippen LogP contribution is -1.95. The van der Waals surface area contributed by atoms with Crippen LogP contribution in [0.3, 0.4) is 0 Å². The Morgan fingerprint density at radius 2 is 2.20 bits per heavy atom. The Balaban J connectivity index is 3.10. The van der Waals surface area contributed by atoms with Crippen molar-refractivity contribution in [1.82, 2.24) is 4.98 Å². The number of halogens is 2. The number of carbonyl (C=O) groups is 1. The van der Waals surface area contributed by atoms with Crippen molar-refractivity contribution < 1.29 is 9.90 Å². The zero-order chi connectivity index (χ0) is 7.72. The smallest absolute Gasteiger partial charge is 0.352 e. The lowest BCUT2D eigenvalue weighted by Gasteiger charge is -1.82. The van der Waals surface area contributed by atoms with Gasteiger partial charge in [0.25, 0.3) is 0 Å². The molecule has 0 bridgehead atoms. The van der Waals surface area contributed by atoms with Gasteiger partial charge in [-0.15, -0.1) is 0 Å². The van der Waals surface area contributed by atoms with E-state index in [1.54, 1.807) is 6.07 Å². The second-order valence-electron chi connectivity index (χ2n) is 1.65. The maximum atomic E-state index is 10.3. The summed E-state index contributed by atoms with van der Waals surface area (Å²) in [4.78, 5) is 13.1. The number of carboxylic acids is 1. The Bertz CT molecular complexity index is 249. The molecule has 1 heterocycles. The van der Waals surface area contributed by atoms with Crippen LogP contribution in [0.1, 0.15) is 10.5 Å². The van der Waals surface area contributed by atoms with Crippen LogP contribution in [-0.4, -0.2) is 16.1 Å². The van der Waals surface area contributed by atoms with Gasteiger partial charge in [-0.2, -0.15) is 0 Å². The molecule has 54 valence electrons. The third-order valence-electron chi connectivity index (χ3n) is 0.956. The number of aromatic nitrogens is 1. The molecule has 0 amide bonds. The van der Waals surface area contributed by atoms with E-state index in [1.165, 1.54) is 0 Å². The molecule has 0 unspecified atom stereocenters. The number of hydrogen-bond acceptors (Lipinski definition) is 1. The van der Waals surface area contributed by atoms with Gasteiger partial charge in [-0.25, -0.2) is 4.79 Å². The Labute approximate surface area is 84.5 Å². The van der Waals surface area contributed by atoms with Crippen LogP contribution in [0.25, 0.3) is 0 Å². The summed E-state index contributed by atoms with van der Waals surface area (Å²) in [6.45, 7) is 0. The fourth-order valence-corrected chi connectivity index (χ4v) is 1.41. The third kappa shape index (κ3) is 1.62. The lowest BCUT2D eigenvalue weighted by atomic mass is 10.4. The maximum Gasteiger partial charge on any atom is 0.352 e. The van der Waals surface area contributed by atoms with Crippen molar-refractivity contribution in [1.29, 1.82) is 0 Å². The van der Waals surface area contributed by atoms with Gasteiger partial charge in [0.15, 0.2) is 0 Å². The standard InChI is InChI=1S/C5H3I2NO2/c6-2-1-3(5(9)10)8-4(2)7/h1,8H,(H,9,10). The van der Waals surface area contributed by atoms with Gasteiger partial charge in [-0.1, -0.05) is 0 Å². The van der Waals surface area contributed by atoms with E-state index in [0.717, 1.165) is 7.27 Å². The van der Waals surface area contributed by atoms with Crippen LogP contribution in [0.15, 0.2) is 6.07 Å². The first-order chi connectivity index (χ1) is 4.61. The summed E-state index contributed by atoms with van der Waals surface area (Å²) in [5, 5.41) is 8.48. The van der Waals surface area contributed by atoms with Gasteiger partial charge in [-0.3, -0.25) is 0 Å². The molecule has 0 aliphatic rings. The maximum absolute atomic E-state index is 10.3. The number of aromatic carboxylic acids is 1. The van der Waals surface area contributed by atoms with Crippen molar-refractivity contribution in [2.45, 2.75) is 0 Å². The average Bonchev–Trinajstić information content (AvgIpc) is 2.13. The Morgan fingerprint density at radius 3 is 2.40 bits per heavy atom. The first kappa shape index (κ1) is 8.31. The summed E-state index contributed by atoms with van der Waals surface area (Å²) in [7, 11) is 0. The Hall–Kier alpha value is 0.210. The van der Waals surface area contributed by atoms with Crippen LogP contribution in [-0.2, 0) is 0 Å². The molecule has 0 aromatic carbocycles. The first-order valence-electron chi connectivity index (χ1n) is 2.38. The van der Waals surface area contributed by atoms with Crippen molar-refractivity contribution in [3.05, 3.63) is 19.0 Å². The predicted molar refractivity (Wildman–Crippen MR) is 53.2 cm³/mol. The molecule has 0 spiro atoms. The fraction of sp³-hybridized carbons (Fsp3) is 0. The molecule has 0 radical (unpaired) electrons. The highest BCUT2D eigenvalue weighted by Crippen LogP contribution is 2.15. The molecule has 0 atom stereocenters. The second-order valence-corrected chi connectivity index (χ2v) is 3.89. The molecule has 2 N–H and O–H groups in total. The summed E-state index contributed by atoms with van der Waals surface area (Å²) in [6, 6.07) is 1.60. The Morgan fingerprint density at radius 1 is 1.60 bits per heavy atom. The molecule has 0 fully saturated rings. The van der Waals surface area contributed by atoms with Gasteiger partial charge in [0.05, 0.1) is 3.70 Å². The van der Waals surface area contributed by atoms with E-state index in [1.807, 2.05) is 0 Å². The molecule has 0 saturated carbocycles. The quantitative estimate of drug-likeness (QED) is 0.750. The minimum atomic E-state index is -0.916. The second kappa shape index (κ2) is 3.07. The minimum Gasteiger partial charge on any atom is -0.477 e. The topological polar surface area (TPSA) is 53.1 Å². The van der Waals surface area contributed by atoms with E-state index < -0.39 is 5.97 Å². The van der Waals surface area contributed by atoms with Crippen LogP contribution in [0.5, 0.6) is 0 Å².